The van der Waals surface area contributed by atoms with Crippen LogP contribution in [0.15, 0.2) is 42.5 Å². The van der Waals surface area contributed by atoms with Crippen molar-refractivity contribution in [1.82, 2.24) is 0 Å². The smallest absolute Gasteiger partial charge is 0.343 e. The van der Waals surface area contributed by atoms with Crippen molar-refractivity contribution in [2.75, 3.05) is 7.11 Å². The van der Waals surface area contributed by atoms with Gasteiger partial charge in [0, 0.05) is 11.5 Å². The molecule has 0 aliphatic rings. The zero-order chi connectivity index (χ0) is 14.7. The van der Waals surface area contributed by atoms with Crippen molar-refractivity contribution < 1.29 is 19.7 Å². The molecule has 4 heteroatoms. The molecule has 2 aromatic rings. The van der Waals surface area contributed by atoms with Crippen LogP contribution in [0, 0.1) is 0 Å². The lowest BCUT2D eigenvalue weighted by Crippen LogP contribution is -2.06. The summed E-state index contributed by atoms with van der Waals surface area (Å²) in [6.45, 7) is 1.97. The van der Waals surface area contributed by atoms with Crippen LogP contribution in [0.4, 0.5) is 0 Å². The molecule has 104 valence electrons. The second-order valence-corrected chi connectivity index (χ2v) is 4.52. The number of phenols is 1. The van der Waals surface area contributed by atoms with E-state index in [1.807, 2.05) is 37.3 Å². The average molecular weight is 272 g/mol. The molecule has 0 heterocycles. The molecular formula is C16H16O4. The first-order valence-corrected chi connectivity index (χ1v) is 6.24. The number of ether oxygens (including phenoxy) is 1. The van der Waals surface area contributed by atoms with Gasteiger partial charge in [0.25, 0.3) is 0 Å². The van der Waals surface area contributed by atoms with Gasteiger partial charge >= 0.3 is 5.97 Å². The summed E-state index contributed by atoms with van der Waals surface area (Å²) in [4.78, 5) is 11.3. The lowest BCUT2D eigenvalue weighted by atomic mass is 9.90. The maximum Gasteiger partial charge on any atom is 0.343 e. The fourth-order valence-corrected chi connectivity index (χ4v) is 2.28. The summed E-state index contributed by atoms with van der Waals surface area (Å²) in [5.74, 6) is -1.33. The second-order valence-electron chi connectivity index (χ2n) is 4.52. The second kappa shape index (κ2) is 5.65. The molecule has 1 atom stereocenters. The van der Waals surface area contributed by atoms with Crippen LogP contribution in [0.1, 0.15) is 34.3 Å². The Bertz CT molecular complexity index is 620. The first-order chi connectivity index (χ1) is 9.56. The SMILES string of the molecule is COc1c(C(C)c2ccccc2)ccc(O)c1C(=O)O. The molecular weight excluding hydrogens is 256 g/mol. The van der Waals surface area contributed by atoms with Crippen LogP contribution in [0.2, 0.25) is 0 Å². The molecule has 2 rings (SSSR count). The highest BCUT2D eigenvalue weighted by molar-refractivity contribution is 5.94. The van der Waals surface area contributed by atoms with Gasteiger partial charge in [-0.1, -0.05) is 43.3 Å². The summed E-state index contributed by atoms with van der Waals surface area (Å²) in [6.07, 6.45) is 0. The van der Waals surface area contributed by atoms with E-state index in [0.717, 1.165) is 11.1 Å². The Morgan fingerprint density at radius 3 is 2.35 bits per heavy atom. The Labute approximate surface area is 117 Å². The Hall–Kier alpha value is -2.49. The number of hydrogen-bond donors (Lipinski definition) is 2. The number of rotatable bonds is 4. The van der Waals surface area contributed by atoms with Crippen LogP contribution in [-0.4, -0.2) is 23.3 Å². The summed E-state index contributed by atoms with van der Waals surface area (Å²) >= 11 is 0. The number of aromatic carboxylic acids is 1. The first-order valence-electron chi connectivity index (χ1n) is 6.24. The van der Waals surface area contributed by atoms with Crippen molar-refractivity contribution in [3.8, 4) is 11.5 Å². The number of aromatic hydroxyl groups is 1. The third-order valence-corrected chi connectivity index (χ3v) is 3.35. The molecule has 0 saturated carbocycles. The van der Waals surface area contributed by atoms with E-state index in [1.165, 1.54) is 13.2 Å². The Morgan fingerprint density at radius 1 is 1.15 bits per heavy atom. The third kappa shape index (κ3) is 2.45. The minimum Gasteiger partial charge on any atom is -0.507 e. The van der Waals surface area contributed by atoms with E-state index in [9.17, 15) is 15.0 Å². The Balaban J connectivity index is 2.58. The van der Waals surface area contributed by atoms with E-state index < -0.39 is 5.97 Å². The maximum atomic E-state index is 11.3. The van der Waals surface area contributed by atoms with E-state index in [1.54, 1.807) is 6.07 Å². The Kier molecular flexibility index (Phi) is 3.94. The molecule has 1 unspecified atom stereocenters. The predicted molar refractivity (Wildman–Crippen MR) is 75.6 cm³/mol. The molecule has 0 bridgehead atoms. The largest absolute Gasteiger partial charge is 0.507 e. The molecule has 0 radical (unpaired) electrons. The quantitative estimate of drug-likeness (QED) is 0.896. The normalized spacial score (nSPS) is 11.9. The van der Waals surface area contributed by atoms with Crippen LogP contribution in [0.5, 0.6) is 11.5 Å². The zero-order valence-corrected chi connectivity index (χ0v) is 11.3. The highest BCUT2D eigenvalue weighted by atomic mass is 16.5. The summed E-state index contributed by atoms with van der Waals surface area (Å²) < 4.78 is 5.22. The molecule has 0 aliphatic heterocycles. The van der Waals surface area contributed by atoms with Gasteiger partial charge in [0.05, 0.1) is 7.11 Å². The van der Waals surface area contributed by atoms with Gasteiger partial charge in [-0.25, -0.2) is 4.79 Å². The van der Waals surface area contributed by atoms with Crippen LogP contribution < -0.4 is 4.74 Å². The molecule has 0 aromatic heterocycles. The van der Waals surface area contributed by atoms with Gasteiger partial charge in [-0.3, -0.25) is 0 Å². The minimum absolute atomic E-state index is 0.0372. The summed E-state index contributed by atoms with van der Waals surface area (Å²) in [6, 6.07) is 12.8. The van der Waals surface area contributed by atoms with E-state index >= 15 is 0 Å². The highest BCUT2D eigenvalue weighted by Crippen LogP contribution is 2.38. The van der Waals surface area contributed by atoms with E-state index in [2.05, 4.69) is 0 Å². The zero-order valence-electron chi connectivity index (χ0n) is 11.3. The standard InChI is InChI=1S/C16H16O4/c1-10(11-6-4-3-5-7-11)12-8-9-13(17)14(16(18)19)15(12)20-2/h3-10,17H,1-2H3,(H,18,19). The number of benzene rings is 2. The van der Waals surface area contributed by atoms with E-state index in [0.29, 0.717) is 0 Å². The fourth-order valence-electron chi connectivity index (χ4n) is 2.28. The first kappa shape index (κ1) is 13.9. The minimum atomic E-state index is -1.21. The van der Waals surface area contributed by atoms with Gasteiger partial charge in [-0.2, -0.15) is 0 Å². The van der Waals surface area contributed by atoms with Gasteiger partial charge in [0.2, 0.25) is 0 Å². The molecule has 2 N–H and O–H groups in total. The number of carboxylic acids is 1. The summed E-state index contributed by atoms with van der Waals surface area (Å²) in [7, 11) is 1.41. The highest BCUT2D eigenvalue weighted by Gasteiger charge is 2.23. The number of carboxylic acid groups (broad SMARTS) is 1. The number of hydrogen-bond acceptors (Lipinski definition) is 3. The molecule has 2 aromatic carbocycles. The van der Waals surface area contributed by atoms with Crippen molar-refractivity contribution in [3.63, 3.8) is 0 Å². The van der Waals surface area contributed by atoms with Crippen LogP contribution in [0.25, 0.3) is 0 Å². The third-order valence-electron chi connectivity index (χ3n) is 3.35. The van der Waals surface area contributed by atoms with Crippen LogP contribution in [0.3, 0.4) is 0 Å². The molecule has 0 aliphatic carbocycles. The fraction of sp³-hybridized carbons (Fsp3) is 0.188. The van der Waals surface area contributed by atoms with Crippen molar-refractivity contribution in [3.05, 3.63) is 59.2 Å². The van der Waals surface area contributed by atoms with Gasteiger partial charge in [-0.15, -0.1) is 0 Å². The number of carbonyl (C=O) groups is 1. The topological polar surface area (TPSA) is 66.8 Å². The van der Waals surface area contributed by atoms with Gasteiger partial charge < -0.3 is 14.9 Å². The van der Waals surface area contributed by atoms with Crippen molar-refractivity contribution in [2.45, 2.75) is 12.8 Å². The van der Waals surface area contributed by atoms with E-state index in [4.69, 9.17) is 4.74 Å². The molecule has 0 amide bonds. The average Bonchev–Trinajstić information content (AvgIpc) is 2.46. The van der Waals surface area contributed by atoms with Gasteiger partial charge in [0.15, 0.2) is 0 Å². The van der Waals surface area contributed by atoms with Crippen LogP contribution >= 0.6 is 0 Å². The summed E-state index contributed by atoms with van der Waals surface area (Å²) in [5, 5.41) is 18.9. The molecule has 4 nitrogen and oxygen atoms in total. The van der Waals surface area contributed by atoms with E-state index in [-0.39, 0.29) is 23.0 Å². The van der Waals surface area contributed by atoms with Gasteiger partial charge in [0.1, 0.15) is 17.1 Å². The van der Waals surface area contributed by atoms with Crippen molar-refractivity contribution >= 4 is 5.97 Å². The van der Waals surface area contributed by atoms with Crippen LogP contribution in [-0.2, 0) is 0 Å². The monoisotopic (exact) mass is 272 g/mol. The molecule has 0 spiro atoms. The molecule has 20 heavy (non-hydrogen) atoms. The Morgan fingerprint density at radius 2 is 1.80 bits per heavy atom. The van der Waals surface area contributed by atoms with Crippen molar-refractivity contribution in [2.24, 2.45) is 0 Å². The summed E-state index contributed by atoms with van der Waals surface area (Å²) in [5.41, 5.74) is 1.58. The van der Waals surface area contributed by atoms with Gasteiger partial charge in [-0.05, 0) is 11.6 Å². The number of methoxy groups -OCH3 is 1. The lowest BCUT2D eigenvalue weighted by Gasteiger charge is -2.18. The van der Waals surface area contributed by atoms with Crippen molar-refractivity contribution in [1.29, 1.82) is 0 Å². The lowest BCUT2D eigenvalue weighted by molar-refractivity contribution is 0.0689. The maximum absolute atomic E-state index is 11.3. The predicted octanol–water partition coefficient (Wildman–Crippen LogP) is 3.25. The molecule has 0 saturated heterocycles. The molecule has 0 fully saturated rings.